The molecule has 1 aliphatic carbocycles. The van der Waals surface area contributed by atoms with E-state index in [1.54, 1.807) is 0 Å². The molecule has 2 atom stereocenters. The number of aromatic nitrogens is 1. The van der Waals surface area contributed by atoms with Gasteiger partial charge in [-0.2, -0.15) is 0 Å². The normalized spacial score (nSPS) is 22.9. The van der Waals surface area contributed by atoms with E-state index in [0.29, 0.717) is 5.56 Å². The van der Waals surface area contributed by atoms with Crippen LogP contribution in [0.1, 0.15) is 36.0 Å². The van der Waals surface area contributed by atoms with Crippen molar-refractivity contribution in [2.75, 3.05) is 0 Å². The second kappa shape index (κ2) is 5.29. The molecule has 0 aliphatic heterocycles. The Morgan fingerprint density at radius 1 is 1.30 bits per heavy atom. The molecule has 2 aromatic rings. The molecule has 1 fully saturated rings. The number of carbonyl (C=O) groups is 1. The van der Waals surface area contributed by atoms with Crippen LogP contribution in [0.3, 0.4) is 0 Å². The van der Waals surface area contributed by atoms with Gasteiger partial charge in [0.15, 0.2) is 0 Å². The first-order chi connectivity index (χ1) is 9.66. The smallest absolute Gasteiger partial charge is 0.253 e. The number of fused-ring (bicyclic) bond motifs is 1. The van der Waals surface area contributed by atoms with Crippen molar-refractivity contribution in [2.45, 2.75) is 37.8 Å². The monoisotopic (exact) mass is 272 g/mol. The average molecular weight is 272 g/mol. The van der Waals surface area contributed by atoms with Crippen LogP contribution in [0.2, 0.25) is 0 Å². The summed E-state index contributed by atoms with van der Waals surface area (Å²) in [7, 11) is 1.94. The highest BCUT2D eigenvalue weighted by atomic mass is 16.3. The van der Waals surface area contributed by atoms with Gasteiger partial charge in [-0.1, -0.05) is 31.0 Å². The van der Waals surface area contributed by atoms with Gasteiger partial charge in [-0.25, -0.2) is 0 Å². The van der Waals surface area contributed by atoms with E-state index >= 15 is 0 Å². The lowest BCUT2D eigenvalue weighted by Gasteiger charge is -2.28. The largest absolute Gasteiger partial charge is 0.391 e. The number of rotatable bonds is 2. The summed E-state index contributed by atoms with van der Waals surface area (Å²) in [4.78, 5) is 12.5. The summed E-state index contributed by atoms with van der Waals surface area (Å²) in [6.45, 7) is 0. The number of aliphatic hydroxyl groups excluding tert-OH is 1. The zero-order valence-electron chi connectivity index (χ0n) is 11.7. The molecule has 1 aromatic carbocycles. The molecule has 20 heavy (non-hydrogen) atoms. The summed E-state index contributed by atoms with van der Waals surface area (Å²) in [5.74, 6) is -0.0900. The van der Waals surface area contributed by atoms with Crippen molar-refractivity contribution >= 4 is 16.8 Å². The molecule has 106 valence electrons. The molecule has 0 spiro atoms. The number of aliphatic hydroxyl groups is 1. The molecule has 0 bridgehead atoms. The van der Waals surface area contributed by atoms with E-state index in [4.69, 9.17) is 0 Å². The van der Waals surface area contributed by atoms with E-state index in [9.17, 15) is 9.90 Å². The number of amides is 1. The van der Waals surface area contributed by atoms with Crippen LogP contribution in [0.4, 0.5) is 0 Å². The first-order valence-corrected chi connectivity index (χ1v) is 7.20. The van der Waals surface area contributed by atoms with Crippen molar-refractivity contribution in [1.82, 2.24) is 9.88 Å². The molecule has 2 unspecified atom stereocenters. The summed E-state index contributed by atoms with van der Waals surface area (Å²) >= 11 is 0. The number of benzene rings is 1. The maximum absolute atomic E-state index is 12.5. The number of carbonyl (C=O) groups excluding carboxylic acids is 1. The van der Waals surface area contributed by atoms with E-state index in [0.717, 1.165) is 36.6 Å². The lowest BCUT2D eigenvalue weighted by Crippen LogP contribution is -2.45. The van der Waals surface area contributed by atoms with Crippen molar-refractivity contribution in [2.24, 2.45) is 7.05 Å². The Morgan fingerprint density at radius 2 is 2.05 bits per heavy atom. The maximum atomic E-state index is 12.5. The van der Waals surface area contributed by atoms with E-state index < -0.39 is 6.10 Å². The van der Waals surface area contributed by atoms with Gasteiger partial charge in [-0.15, -0.1) is 0 Å². The number of nitrogens with zero attached hydrogens (tertiary/aromatic N) is 1. The Bertz CT molecular complexity index is 632. The lowest BCUT2D eigenvalue weighted by molar-refractivity contribution is 0.0718. The van der Waals surface area contributed by atoms with Gasteiger partial charge >= 0.3 is 0 Å². The summed E-state index contributed by atoms with van der Waals surface area (Å²) in [6, 6.07) is 7.75. The Kier molecular flexibility index (Phi) is 3.49. The summed E-state index contributed by atoms with van der Waals surface area (Å²) in [6.07, 6.45) is 5.19. The van der Waals surface area contributed by atoms with Gasteiger partial charge in [0.05, 0.1) is 17.7 Å². The zero-order chi connectivity index (χ0) is 14.1. The third-order valence-electron chi connectivity index (χ3n) is 4.19. The number of nitrogens with one attached hydrogen (secondary N) is 1. The van der Waals surface area contributed by atoms with Crippen molar-refractivity contribution in [3.8, 4) is 0 Å². The van der Waals surface area contributed by atoms with Crippen LogP contribution in [-0.4, -0.2) is 27.7 Å². The third-order valence-corrected chi connectivity index (χ3v) is 4.19. The van der Waals surface area contributed by atoms with Gasteiger partial charge in [0.1, 0.15) is 0 Å². The van der Waals surface area contributed by atoms with Gasteiger partial charge in [-0.3, -0.25) is 4.79 Å². The lowest BCUT2D eigenvalue weighted by atomic mass is 9.92. The summed E-state index contributed by atoms with van der Waals surface area (Å²) in [5.41, 5.74) is 1.72. The van der Waals surface area contributed by atoms with Gasteiger partial charge < -0.3 is 15.0 Å². The van der Waals surface area contributed by atoms with Gasteiger partial charge in [0.2, 0.25) is 0 Å². The van der Waals surface area contributed by atoms with E-state index in [-0.39, 0.29) is 11.9 Å². The predicted octanol–water partition coefficient (Wildman–Crippen LogP) is 2.21. The first-order valence-electron chi connectivity index (χ1n) is 7.20. The second-order valence-corrected chi connectivity index (χ2v) is 5.60. The molecule has 2 N–H and O–H groups in total. The van der Waals surface area contributed by atoms with Gasteiger partial charge in [0, 0.05) is 24.1 Å². The van der Waals surface area contributed by atoms with Crippen molar-refractivity contribution in [1.29, 1.82) is 0 Å². The van der Waals surface area contributed by atoms with Crippen LogP contribution in [-0.2, 0) is 7.05 Å². The van der Waals surface area contributed by atoms with E-state index in [1.807, 2.05) is 42.1 Å². The van der Waals surface area contributed by atoms with Crippen molar-refractivity contribution < 1.29 is 9.90 Å². The molecule has 1 saturated carbocycles. The Labute approximate surface area is 118 Å². The quantitative estimate of drug-likeness (QED) is 0.880. The first kappa shape index (κ1) is 13.2. The van der Waals surface area contributed by atoms with Crippen molar-refractivity contribution in [3.05, 3.63) is 36.0 Å². The van der Waals surface area contributed by atoms with E-state index in [1.165, 1.54) is 0 Å². The van der Waals surface area contributed by atoms with Crippen LogP contribution in [0, 0.1) is 0 Å². The number of aryl methyl sites for hydroxylation is 1. The van der Waals surface area contributed by atoms with Gasteiger partial charge in [0.25, 0.3) is 5.91 Å². The molecule has 4 nitrogen and oxygen atoms in total. The molecule has 3 rings (SSSR count). The van der Waals surface area contributed by atoms with Crippen LogP contribution in [0.5, 0.6) is 0 Å². The fraction of sp³-hybridized carbons (Fsp3) is 0.438. The maximum Gasteiger partial charge on any atom is 0.253 e. The molecular formula is C16H20N2O2. The second-order valence-electron chi connectivity index (χ2n) is 5.60. The zero-order valence-corrected chi connectivity index (χ0v) is 11.7. The van der Waals surface area contributed by atoms with Crippen LogP contribution in [0.25, 0.3) is 10.9 Å². The molecular weight excluding hydrogens is 252 g/mol. The molecule has 4 heteroatoms. The van der Waals surface area contributed by atoms with Crippen molar-refractivity contribution in [3.63, 3.8) is 0 Å². The fourth-order valence-electron chi connectivity index (χ4n) is 3.05. The molecule has 1 aliphatic rings. The van der Waals surface area contributed by atoms with Gasteiger partial charge in [-0.05, 0) is 18.9 Å². The fourth-order valence-corrected chi connectivity index (χ4v) is 3.05. The highest BCUT2D eigenvalue weighted by Gasteiger charge is 2.25. The Hall–Kier alpha value is -1.81. The van der Waals surface area contributed by atoms with Crippen LogP contribution < -0.4 is 5.32 Å². The molecule has 1 heterocycles. The topological polar surface area (TPSA) is 54.3 Å². The highest BCUT2D eigenvalue weighted by Crippen LogP contribution is 2.22. The summed E-state index contributed by atoms with van der Waals surface area (Å²) < 4.78 is 1.96. The van der Waals surface area contributed by atoms with E-state index in [2.05, 4.69) is 5.32 Å². The standard InChI is InChI=1S/C16H20N2O2/c1-18-10-12(11-6-2-4-8-14(11)18)16(20)17-13-7-3-5-9-15(13)19/h2,4,6,8,10,13,15,19H,3,5,7,9H2,1H3,(H,17,20). The van der Waals surface area contributed by atoms with Crippen LogP contribution in [0.15, 0.2) is 30.5 Å². The molecule has 0 radical (unpaired) electrons. The minimum atomic E-state index is -0.414. The molecule has 1 amide bonds. The Balaban J connectivity index is 1.85. The minimum absolute atomic E-state index is 0.0900. The number of hydrogen-bond donors (Lipinski definition) is 2. The molecule has 1 aromatic heterocycles. The minimum Gasteiger partial charge on any atom is -0.391 e. The summed E-state index contributed by atoms with van der Waals surface area (Å²) in [5, 5.41) is 13.9. The molecule has 0 saturated heterocycles. The number of hydrogen-bond acceptors (Lipinski definition) is 2. The Morgan fingerprint density at radius 3 is 2.85 bits per heavy atom. The average Bonchev–Trinajstić information content (AvgIpc) is 2.79. The highest BCUT2D eigenvalue weighted by molar-refractivity contribution is 6.07. The predicted molar refractivity (Wildman–Crippen MR) is 78.6 cm³/mol. The third kappa shape index (κ3) is 2.31. The van der Waals surface area contributed by atoms with Crippen LogP contribution >= 0.6 is 0 Å². The SMILES string of the molecule is Cn1cc(C(=O)NC2CCCCC2O)c2ccccc21. The number of para-hydroxylation sites is 1.